The Morgan fingerprint density at radius 1 is 1.04 bits per heavy atom. The van der Waals surface area contributed by atoms with Gasteiger partial charge in [-0.15, -0.1) is 0 Å². The van der Waals surface area contributed by atoms with Gasteiger partial charge >= 0.3 is 0 Å². The molecule has 6 heteroatoms. The van der Waals surface area contributed by atoms with Gasteiger partial charge in [0, 0.05) is 48.3 Å². The fraction of sp³-hybridized carbons (Fsp3) is 0.350. The van der Waals surface area contributed by atoms with Crippen LogP contribution in [0.3, 0.4) is 0 Å². The SMILES string of the molecule is CCOc1ccc(C(=O)N2CCN(Cc3ccc(Cl)cc3Cl)CC2)cc1. The number of amides is 1. The molecule has 0 aromatic heterocycles. The third-order valence-corrected chi connectivity index (χ3v) is 5.07. The van der Waals surface area contributed by atoms with Crippen LogP contribution in [0.25, 0.3) is 0 Å². The van der Waals surface area contributed by atoms with E-state index in [4.69, 9.17) is 27.9 Å². The molecule has 1 heterocycles. The fourth-order valence-electron chi connectivity index (χ4n) is 3.04. The molecule has 1 fully saturated rings. The first-order valence-electron chi connectivity index (χ1n) is 8.75. The van der Waals surface area contributed by atoms with Crippen LogP contribution in [0.2, 0.25) is 10.0 Å². The number of rotatable bonds is 5. The van der Waals surface area contributed by atoms with E-state index in [1.807, 2.05) is 48.2 Å². The van der Waals surface area contributed by atoms with E-state index in [0.717, 1.165) is 30.9 Å². The summed E-state index contributed by atoms with van der Waals surface area (Å²) in [5.74, 6) is 0.853. The molecule has 1 saturated heterocycles. The van der Waals surface area contributed by atoms with Crippen molar-refractivity contribution < 1.29 is 9.53 Å². The van der Waals surface area contributed by atoms with E-state index in [-0.39, 0.29) is 5.91 Å². The molecular formula is C20H22Cl2N2O2. The summed E-state index contributed by atoms with van der Waals surface area (Å²) in [4.78, 5) is 16.9. The van der Waals surface area contributed by atoms with Crippen LogP contribution >= 0.6 is 23.2 Å². The standard InChI is InChI=1S/C20H22Cl2N2O2/c1-2-26-18-7-4-15(5-8-18)20(25)24-11-9-23(10-12-24)14-16-3-6-17(21)13-19(16)22/h3-8,13H,2,9-12,14H2,1H3. The lowest BCUT2D eigenvalue weighted by molar-refractivity contribution is 0.0628. The van der Waals surface area contributed by atoms with Gasteiger partial charge < -0.3 is 9.64 Å². The van der Waals surface area contributed by atoms with Crippen molar-refractivity contribution in [2.75, 3.05) is 32.8 Å². The summed E-state index contributed by atoms with van der Waals surface area (Å²) in [5.41, 5.74) is 1.75. The number of ether oxygens (including phenoxy) is 1. The number of carbonyl (C=O) groups excluding carboxylic acids is 1. The summed E-state index contributed by atoms with van der Waals surface area (Å²) in [6, 6.07) is 12.9. The highest BCUT2D eigenvalue weighted by molar-refractivity contribution is 6.35. The molecule has 0 bridgehead atoms. The molecule has 0 aliphatic carbocycles. The van der Waals surface area contributed by atoms with Crippen molar-refractivity contribution in [3.63, 3.8) is 0 Å². The minimum atomic E-state index is 0.0669. The fourth-order valence-corrected chi connectivity index (χ4v) is 3.51. The first-order chi connectivity index (χ1) is 12.6. The van der Waals surface area contributed by atoms with Crippen molar-refractivity contribution in [2.45, 2.75) is 13.5 Å². The number of hydrogen-bond donors (Lipinski definition) is 0. The second-order valence-electron chi connectivity index (χ2n) is 6.26. The maximum Gasteiger partial charge on any atom is 0.253 e. The van der Waals surface area contributed by atoms with Gasteiger partial charge in [0.25, 0.3) is 5.91 Å². The van der Waals surface area contributed by atoms with Gasteiger partial charge in [-0.05, 0) is 48.9 Å². The zero-order valence-corrected chi connectivity index (χ0v) is 16.3. The van der Waals surface area contributed by atoms with Crippen LogP contribution < -0.4 is 4.74 Å². The Labute approximate surface area is 164 Å². The van der Waals surface area contributed by atoms with Crippen LogP contribution in [0.4, 0.5) is 0 Å². The van der Waals surface area contributed by atoms with Crippen LogP contribution in [0.5, 0.6) is 5.75 Å². The largest absolute Gasteiger partial charge is 0.494 e. The first-order valence-corrected chi connectivity index (χ1v) is 9.51. The van der Waals surface area contributed by atoms with Crippen molar-refractivity contribution in [1.82, 2.24) is 9.80 Å². The van der Waals surface area contributed by atoms with Gasteiger partial charge in [0.2, 0.25) is 0 Å². The minimum Gasteiger partial charge on any atom is -0.494 e. The maximum absolute atomic E-state index is 12.7. The summed E-state index contributed by atoms with van der Waals surface area (Å²) in [5, 5.41) is 1.33. The number of halogens is 2. The van der Waals surface area contributed by atoms with Crippen LogP contribution in [-0.4, -0.2) is 48.5 Å². The summed E-state index contributed by atoms with van der Waals surface area (Å²) >= 11 is 12.2. The van der Waals surface area contributed by atoms with Crippen molar-refractivity contribution in [3.05, 3.63) is 63.6 Å². The van der Waals surface area contributed by atoms with Crippen LogP contribution in [0.1, 0.15) is 22.8 Å². The molecule has 2 aromatic rings. The molecule has 0 radical (unpaired) electrons. The van der Waals surface area contributed by atoms with Crippen molar-refractivity contribution in [3.8, 4) is 5.75 Å². The molecule has 0 spiro atoms. The molecule has 0 N–H and O–H groups in total. The third kappa shape index (κ3) is 4.70. The van der Waals surface area contributed by atoms with E-state index >= 15 is 0 Å². The minimum absolute atomic E-state index is 0.0669. The topological polar surface area (TPSA) is 32.8 Å². The molecule has 1 aliphatic heterocycles. The smallest absolute Gasteiger partial charge is 0.253 e. The molecule has 26 heavy (non-hydrogen) atoms. The van der Waals surface area contributed by atoms with E-state index in [1.165, 1.54) is 0 Å². The highest BCUT2D eigenvalue weighted by Gasteiger charge is 2.22. The van der Waals surface area contributed by atoms with Crippen LogP contribution in [0, 0.1) is 0 Å². The van der Waals surface area contributed by atoms with E-state index in [1.54, 1.807) is 6.07 Å². The van der Waals surface area contributed by atoms with Gasteiger partial charge in [-0.25, -0.2) is 0 Å². The lowest BCUT2D eigenvalue weighted by atomic mass is 10.1. The second-order valence-corrected chi connectivity index (χ2v) is 7.11. The molecule has 1 aliphatic rings. The highest BCUT2D eigenvalue weighted by atomic mass is 35.5. The molecule has 0 unspecified atom stereocenters. The second kappa shape index (κ2) is 8.76. The lowest BCUT2D eigenvalue weighted by Crippen LogP contribution is -2.48. The Morgan fingerprint density at radius 3 is 2.35 bits per heavy atom. The van der Waals surface area contributed by atoms with Crippen LogP contribution in [-0.2, 0) is 6.54 Å². The van der Waals surface area contributed by atoms with Crippen molar-refractivity contribution >= 4 is 29.1 Å². The molecule has 0 saturated carbocycles. The lowest BCUT2D eigenvalue weighted by Gasteiger charge is -2.35. The molecular weight excluding hydrogens is 371 g/mol. The maximum atomic E-state index is 12.7. The van der Waals surface area contributed by atoms with Gasteiger partial charge in [-0.1, -0.05) is 29.3 Å². The molecule has 4 nitrogen and oxygen atoms in total. The van der Waals surface area contributed by atoms with Gasteiger partial charge in [0.1, 0.15) is 5.75 Å². The molecule has 2 aromatic carbocycles. The number of nitrogens with zero attached hydrogens (tertiary/aromatic N) is 2. The molecule has 3 rings (SSSR count). The van der Waals surface area contributed by atoms with Gasteiger partial charge in [-0.2, -0.15) is 0 Å². The van der Waals surface area contributed by atoms with E-state index in [2.05, 4.69) is 4.90 Å². The highest BCUT2D eigenvalue weighted by Crippen LogP contribution is 2.23. The summed E-state index contributed by atoms with van der Waals surface area (Å²) < 4.78 is 5.42. The third-order valence-electron chi connectivity index (χ3n) is 4.48. The monoisotopic (exact) mass is 392 g/mol. The molecule has 1 amide bonds. The van der Waals surface area contributed by atoms with E-state index in [0.29, 0.717) is 35.3 Å². The molecule has 0 atom stereocenters. The van der Waals surface area contributed by atoms with E-state index < -0.39 is 0 Å². The summed E-state index contributed by atoms with van der Waals surface area (Å²) in [6.45, 7) is 6.38. The summed E-state index contributed by atoms with van der Waals surface area (Å²) in [6.07, 6.45) is 0. The number of benzene rings is 2. The molecule has 138 valence electrons. The Kier molecular flexibility index (Phi) is 6.41. The predicted molar refractivity (Wildman–Crippen MR) is 105 cm³/mol. The van der Waals surface area contributed by atoms with Gasteiger partial charge in [0.05, 0.1) is 6.61 Å². The van der Waals surface area contributed by atoms with Crippen molar-refractivity contribution in [1.29, 1.82) is 0 Å². The number of piperazine rings is 1. The van der Waals surface area contributed by atoms with Gasteiger partial charge in [0.15, 0.2) is 0 Å². The average Bonchev–Trinajstić information content (AvgIpc) is 2.65. The average molecular weight is 393 g/mol. The quantitative estimate of drug-likeness (QED) is 0.757. The number of carbonyl (C=O) groups is 1. The first kappa shape index (κ1) is 19.0. The Bertz CT molecular complexity index is 757. The summed E-state index contributed by atoms with van der Waals surface area (Å²) in [7, 11) is 0. The Hall–Kier alpha value is -1.75. The van der Waals surface area contributed by atoms with E-state index in [9.17, 15) is 4.79 Å². The number of hydrogen-bond acceptors (Lipinski definition) is 3. The Morgan fingerprint density at radius 2 is 1.73 bits per heavy atom. The van der Waals surface area contributed by atoms with Crippen LogP contribution in [0.15, 0.2) is 42.5 Å². The predicted octanol–water partition coefficient (Wildman–Crippen LogP) is 4.35. The normalized spacial score (nSPS) is 15.1. The zero-order chi connectivity index (χ0) is 18.5. The zero-order valence-electron chi connectivity index (χ0n) is 14.8. The van der Waals surface area contributed by atoms with Gasteiger partial charge in [-0.3, -0.25) is 9.69 Å². The Balaban J connectivity index is 1.55. The van der Waals surface area contributed by atoms with Crippen molar-refractivity contribution in [2.24, 2.45) is 0 Å².